The molecule has 0 heterocycles. The topological polar surface area (TPSA) is 54.5 Å². The van der Waals surface area contributed by atoms with Crippen LogP contribution in [0.1, 0.15) is 45.4 Å². The van der Waals surface area contributed by atoms with Crippen LogP contribution in [0, 0.1) is 0 Å². The van der Waals surface area contributed by atoms with Crippen LogP contribution in [0.3, 0.4) is 0 Å². The fourth-order valence-corrected chi connectivity index (χ4v) is 3.64. The fourth-order valence-electron chi connectivity index (χ4n) is 2.76. The quantitative estimate of drug-likeness (QED) is 0.709. The predicted octanol–water partition coefficient (Wildman–Crippen LogP) is 1.64. The number of Topliss-reactive ketones (excluding diaryl/α,β-unsaturated/α-hetero) is 1. The molecule has 1 aliphatic rings. The average Bonchev–Trinajstić information content (AvgIpc) is 2.79. The zero-order valence-electron chi connectivity index (χ0n) is 11.7. The number of sulfone groups is 1. The van der Waals surface area contributed by atoms with Gasteiger partial charge in [0, 0.05) is 12.2 Å². The largest absolute Gasteiger partial charge is 0.298 e. The number of hydrogen-bond donors (Lipinski definition) is 0. The van der Waals surface area contributed by atoms with Crippen molar-refractivity contribution in [3.05, 3.63) is 0 Å². The van der Waals surface area contributed by atoms with Gasteiger partial charge in [-0.15, -0.1) is 0 Å². The van der Waals surface area contributed by atoms with E-state index in [-0.39, 0.29) is 22.8 Å². The van der Waals surface area contributed by atoms with Gasteiger partial charge in [0.05, 0.1) is 11.3 Å². The van der Waals surface area contributed by atoms with Crippen LogP contribution >= 0.6 is 0 Å². The summed E-state index contributed by atoms with van der Waals surface area (Å²) in [4.78, 5) is 14.4. The highest BCUT2D eigenvalue weighted by Crippen LogP contribution is 2.35. The van der Waals surface area contributed by atoms with E-state index in [0.717, 1.165) is 25.7 Å². The van der Waals surface area contributed by atoms with Crippen molar-refractivity contribution in [1.82, 2.24) is 4.90 Å². The molecular weight excluding hydrogens is 250 g/mol. The van der Waals surface area contributed by atoms with E-state index in [2.05, 4.69) is 0 Å². The van der Waals surface area contributed by atoms with Crippen LogP contribution in [0.15, 0.2) is 0 Å². The van der Waals surface area contributed by atoms with Gasteiger partial charge in [0.15, 0.2) is 5.78 Å². The van der Waals surface area contributed by atoms with E-state index in [1.54, 1.807) is 6.92 Å². The second-order valence-corrected chi connectivity index (χ2v) is 7.87. The second kappa shape index (κ2) is 6.15. The summed E-state index contributed by atoms with van der Waals surface area (Å²) in [5, 5.41) is 0. The van der Waals surface area contributed by atoms with Gasteiger partial charge in [-0.1, -0.05) is 19.8 Å². The van der Waals surface area contributed by atoms with Crippen molar-refractivity contribution in [2.45, 2.75) is 51.0 Å². The number of likely N-dealkylation sites (N-methyl/N-ethyl adjacent to an activating group) is 1. The monoisotopic (exact) mass is 275 g/mol. The maximum Gasteiger partial charge on any atom is 0.153 e. The zero-order valence-corrected chi connectivity index (χ0v) is 12.6. The summed E-state index contributed by atoms with van der Waals surface area (Å²) in [5.74, 6) is 0.523. The van der Waals surface area contributed by atoms with Gasteiger partial charge in [-0.3, -0.25) is 9.69 Å². The van der Waals surface area contributed by atoms with E-state index in [0.29, 0.717) is 12.8 Å². The maximum atomic E-state index is 12.3. The zero-order chi connectivity index (χ0) is 13.8. The van der Waals surface area contributed by atoms with Crippen LogP contribution in [-0.2, 0) is 14.6 Å². The van der Waals surface area contributed by atoms with Gasteiger partial charge < -0.3 is 0 Å². The molecule has 0 aromatic carbocycles. The molecule has 0 amide bonds. The Labute approximate surface area is 111 Å². The lowest BCUT2D eigenvalue weighted by atomic mass is 9.88. The van der Waals surface area contributed by atoms with Crippen molar-refractivity contribution in [2.75, 3.05) is 25.6 Å². The van der Waals surface area contributed by atoms with Gasteiger partial charge in [0.2, 0.25) is 0 Å². The van der Waals surface area contributed by atoms with Crippen molar-refractivity contribution in [3.63, 3.8) is 0 Å². The third-order valence-electron chi connectivity index (χ3n) is 4.10. The van der Waals surface area contributed by atoms with Crippen LogP contribution < -0.4 is 0 Å². The first-order valence-corrected chi connectivity index (χ1v) is 8.57. The maximum absolute atomic E-state index is 12.3. The Morgan fingerprint density at radius 3 is 2.22 bits per heavy atom. The van der Waals surface area contributed by atoms with E-state index in [9.17, 15) is 13.2 Å². The number of nitrogens with zero attached hydrogens (tertiary/aromatic N) is 1. The molecule has 0 aromatic rings. The minimum absolute atomic E-state index is 0.138. The summed E-state index contributed by atoms with van der Waals surface area (Å²) in [6.45, 7) is 1.65. The summed E-state index contributed by atoms with van der Waals surface area (Å²) in [5.41, 5.74) is -0.323. The molecule has 0 aromatic heterocycles. The van der Waals surface area contributed by atoms with Crippen LogP contribution in [0.4, 0.5) is 0 Å². The molecule has 4 nitrogen and oxygen atoms in total. The second-order valence-electron chi connectivity index (χ2n) is 5.40. The Hall–Kier alpha value is -0.420. The SMILES string of the molecule is CCS(=O)(=O)CCCC(=O)C1(N(C)C)CCCC1. The molecule has 0 bridgehead atoms. The van der Waals surface area contributed by atoms with E-state index in [1.807, 2.05) is 19.0 Å². The predicted molar refractivity (Wildman–Crippen MR) is 73.5 cm³/mol. The van der Waals surface area contributed by atoms with Gasteiger partial charge >= 0.3 is 0 Å². The summed E-state index contributed by atoms with van der Waals surface area (Å²) < 4.78 is 22.8. The molecule has 5 heteroatoms. The number of ketones is 1. The number of hydrogen-bond acceptors (Lipinski definition) is 4. The Kier molecular flexibility index (Phi) is 5.34. The van der Waals surface area contributed by atoms with Gasteiger partial charge in [-0.05, 0) is 33.4 Å². The molecule has 1 saturated carbocycles. The highest BCUT2D eigenvalue weighted by molar-refractivity contribution is 7.91. The molecule has 0 aliphatic heterocycles. The van der Waals surface area contributed by atoms with E-state index in [4.69, 9.17) is 0 Å². The molecule has 0 spiro atoms. The van der Waals surface area contributed by atoms with Crippen molar-refractivity contribution >= 4 is 15.6 Å². The third kappa shape index (κ3) is 3.54. The minimum Gasteiger partial charge on any atom is -0.298 e. The van der Waals surface area contributed by atoms with Crippen molar-refractivity contribution in [3.8, 4) is 0 Å². The molecule has 106 valence electrons. The number of carbonyl (C=O) groups excluding carboxylic acids is 1. The molecule has 0 radical (unpaired) electrons. The fraction of sp³-hybridized carbons (Fsp3) is 0.923. The summed E-state index contributed by atoms with van der Waals surface area (Å²) >= 11 is 0. The Bertz CT molecular complexity index is 381. The van der Waals surface area contributed by atoms with E-state index in [1.165, 1.54) is 0 Å². The third-order valence-corrected chi connectivity index (χ3v) is 5.90. The molecule has 0 saturated heterocycles. The lowest BCUT2D eigenvalue weighted by molar-refractivity contribution is -0.129. The van der Waals surface area contributed by atoms with Crippen LogP contribution in [-0.4, -0.2) is 50.2 Å². The van der Waals surface area contributed by atoms with Gasteiger partial charge in [-0.25, -0.2) is 8.42 Å². The lowest BCUT2D eigenvalue weighted by Gasteiger charge is -2.34. The first kappa shape index (κ1) is 15.6. The summed E-state index contributed by atoms with van der Waals surface area (Å²) in [7, 11) is 0.956. The molecule has 0 atom stereocenters. The van der Waals surface area contributed by atoms with Gasteiger partial charge in [0.25, 0.3) is 0 Å². The van der Waals surface area contributed by atoms with E-state index >= 15 is 0 Å². The molecule has 0 unspecified atom stereocenters. The van der Waals surface area contributed by atoms with E-state index < -0.39 is 9.84 Å². The Morgan fingerprint density at radius 2 is 1.78 bits per heavy atom. The Balaban J connectivity index is 2.54. The van der Waals surface area contributed by atoms with Crippen LogP contribution in [0.25, 0.3) is 0 Å². The molecule has 1 fully saturated rings. The first-order valence-electron chi connectivity index (χ1n) is 6.75. The molecule has 18 heavy (non-hydrogen) atoms. The summed E-state index contributed by atoms with van der Waals surface area (Å²) in [6.07, 6.45) is 4.87. The molecule has 1 aliphatic carbocycles. The first-order chi connectivity index (χ1) is 8.34. The normalized spacial score (nSPS) is 19.3. The molecular formula is C13H25NO3S. The van der Waals surface area contributed by atoms with Crippen molar-refractivity contribution < 1.29 is 13.2 Å². The molecule has 1 rings (SSSR count). The molecule has 0 N–H and O–H groups in total. The number of rotatable bonds is 7. The Morgan fingerprint density at radius 1 is 1.22 bits per heavy atom. The van der Waals surface area contributed by atoms with Crippen LogP contribution in [0.2, 0.25) is 0 Å². The highest BCUT2D eigenvalue weighted by Gasteiger charge is 2.42. The average molecular weight is 275 g/mol. The van der Waals surface area contributed by atoms with Crippen molar-refractivity contribution in [1.29, 1.82) is 0 Å². The van der Waals surface area contributed by atoms with Gasteiger partial charge in [-0.2, -0.15) is 0 Å². The highest BCUT2D eigenvalue weighted by atomic mass is 32.2. The van der Waals surface area contributed by atoms with Gasteiger partial charge in [0.1, 0.15) is 9.84 Å². The summed E-state index contributed by atoms with van der Waals surface area (Å²) in [6, 6.07) is 0. The van der Waals surface area contributed by atoms with Crippen molar-refractivity contribution in [2.24, 2.45) is 0 Å². The standard InChI is InChI=1S/C13H25NO3S/c1-4-18(16,17)11-7-8-12(15)13(14(2)3)9-5-6-10-13/h4-11H2,1-3H3. The smallest absolute Gasteiger partial charge is 0.153 e. The minimum atomic E-state index is -2.94. The lowest BCUT2D eigenvalue weighted by Crippen LogP contribution is -2.48. The number of carbonyl (C=O) groups is 1. The van der Waals surface area contributed by atoms with Crippen LogP contribution in [0.5, 0.6) is 0 Å².